The summed E-state index contributed by atoms with van der Waals surface area (Å²) in [6.07, 6.45) is 1.00. The van der Waals surface area contributed by atoms with Crippen molar-refractivity contribution in [3.63, 3.8) is 0 Å². The molecule has 4 rings (SSSR count). The number of carbonyl (C=O) groups is 2. The number of amides is 1. The molecule has 9 heteroatoms. The van der Waals surface area contributed by atoms with Crippen molar-refractivity contribution >= 4 is 28.8 Å². The van der Waals surface area contributed by atoms with Crippen LogP contribution < -0.4 is 14.8 Å². The summed E-state index contributed by atoms with van der Waals surface area (Å²) in [6, 6.07) is 15.0. The van der Waals surface area contributed by atoms with Crippen LogP contribution in [0.1, 0.15) is 50.8 Å². The first-order chi connectivity index (χ1) is 18.4. The highest BCUT2D eigenvalue weighted by Crippen LogP contribution is 2.46. The first-order valence-electron chi connectivity index (χ1n) is 12.5. The van der Waals surface area contributed by atoms with Crippen LogP contribution in [0, 0.1) is 0 Å². The van der Waals surface area contributed by atoms with Crippen LogP contribution >= 0.6 is 11.8 Å². The minimum absolute atomic E-state index is 0.0721. The zero-order valence-corrected chi connectivity index (χ0v) is 23.1. The molecule has 200 valence electrons. The summed E-state index contributed by atoms with van der Waals surface area (Å²) in [5.74, 6) is 0.569. The number of hydrogen-bond donors (Lipinski definition) is 1. The average molecular weight is 536 g/mol. The number of fused-ring (bicyclic) bond motifs is 1. The maximum atomic E-state index is 13.0. The molecule has 0 aliphatic carbocycles. The maximum Gasteiger partial charge on any atom is 0.338 e. The van der Waals surface area contributed by atoms with Gasteiger partial charge in [-0.3, -0.25) is 4.79 Å². The van der Waals surface area contributed by atoms with Crippen LogP contribution in [0.15, 0.2) is 75.9 Å². The number of hydrogen-bond acceptors (Lipinski definition) is 8. The number of nitrogens with one attached hydrogen (secondary N) is 1. The van der Waals surface area contributed by atoms with E-state index in [-0.39, 0.29) is 18.4 Å². The molecule has 0 spiro atoms. The summed E-state index contributed by atoms with van der Waals surface area (Å²) < 4.78 is 16.9. The molecule has 38 heavy (non-hydrogen) atoms. The van der Waals surface area contributed by atoms with Crippen molar-refractivity contribution in [2.24, 2.45) is 4.99 Å². The Labute approximate surface area is 227 Å². The van der Waals surface area contributed by atoms with Gasteiger partial charge in [-0.2, -0.15) is 0 Å². The number of esters is 1. The quantitative estimate of drug-likeness (QED) is 0.412. The van der Waals surface area contributed by atoms with Gasteiger partial charge in [-0.15, -0.1) is 0 Å². The van der Waals surface area contributed by atoms with Gasteiger partial charge in [0.2, 0.25) is 5.91 Å². The molecule has 2 aliphatic heterocycles. The molecule has 2 aromatic carbocycles. The first kappa shape index (κ1) is 27.3. The molecule has 0 saturated carbocycles. The zero-order chi connectivity index (χ0) is 27.2. The molecule has 0 fully saturated rings. The number of benzene rings is 2. The van der Waals surface area contributed by atoms with Gasteiger partial charge in [0.25, 0.3) is 0 Å². The Morgan fingerprint density at radius 3 is 2.58 bits per heavy atom. The minimum atomic E-state index is -0.551. The Hall–Kier alpha value is -3.72. The second-order valence-corrected chi connectivity index (χ2v) is 9.96. The lowest BCUT2D eigenvalue weighted by atomic mass is 9.93. The lowest BCUT2D eigenvalue weighted by Gasteiger charge is -2.36. The molecule has 1 amide bonds. The molecule has 2 atom stereocenters. The summed E-state index contributed by atoms with van der Waals surface area (Å²) >= 11 is 1.44. The molecule has 1 N–H and O–H groups in total. The number of rotatable bonds is 10. The third-order valence-corrected chi connectivity index (χ3v) is 7.40. The van der Waals surface area contributed by atoms with Crippen molar-refractivity contribution < 1.29 is 23.8 Å². The van der Waals surface area contributed by atoms with Gasteiger partial charge in [0.1, 0.15) is 6.61 Å². The standard InChI is InChI=1S/C29H33N3O5S/c1-6-18(2)30-25(33)15-22-17-38-29-31-19(3)26(28(34)36-5)27(32(22)29)21-12-13-23(24(14-21)35-4)37-16-20-10-8-7-9-11-20/h7-14,17-18,27H,6,15-16H2,1-5H3,(H,30,33). The Bertz CT molecular complexity index is 1290. The van der Waals surface area contributed by atoms with Gasteiger partial charge in [-0.1, -0.05) is 55.1 Å². The summed E-state index contributed by atoms with van der Waals surface area (Å²) in [5, 5.41) is 5.64. The molecule has 2 aliphatic rings. The normalized spacial score (nSPS) is 17.3. The van der Waals surface area contributed by atoms with Gasteiger partial charge in [-0.25, -0.2) is 9.79 Å². The van der Waals surface area contributed by atoms with Crippen LogP contribution in [-0.4, -0.2) is 42.2 Å². The van der Waals surface area contributed by atoms with E-state index in [9.17, 15) is 9.59 Å². The number of ether oxygens (including phenoxy) is 3. The molecule has 0 radical (unpaired) electrons. The van der Waals surface area contributed by atoms with E-state index in [2.05, 4.69) is 10.3 Å². The number of aliphatic imine (C=N–C) groups is 1. The van der Waals surface area contributed by atoms with Crippen molar-refractivity contribution in [2.45, 2.75) is 52.3 Å². The van der Waals surface area contributed by atoms with Crippen LogP contribution in [0.2, 0.25) is 0 Å². The van der Waals surface area contributed by atoms with E-state index >= 15 is 0 Å². The lowest BCUT2D eigenvalue weighted by molar-refractivity contribution is -0.136. The average Bonchev–Trinajstić information content (AvgIpc) is 3.32. The van der Waals surface area contributed by atoms with Crippen LogP contribution in [-0.2, 0) is 20.9 Å². The van der Waals surface area contributed by atoms with Crippen LogP contribution in [0.25, 0.3) is 0 Å². The fraction of sp³-hybridized carbons (Fsp3) is 0.345. The van der Waals surface area contributed by atoms with E-state index in [1.165, 1.54) is 18.9 Å². The van der Waals surface area contributed by atoms with Crippen molar-refractivity contribution in [1.29, 1.82) is 0 Å². The summed E-state index contributed by atoms with van der Waals surface area (Å²) in [4.78, 5) is 32.4. The van der Waals surface area contributed by atoms with E-state index in [4.69, 9.17) is 14.2 Å². The molecule has 2 heterocycles. The topological polar surface area (TPSA) is 89.5 Å². The third kappa shape index (κ3) is 5.88. The minimum Gasteiger partial charge on any atom is -0.493 e. The number of carbonyl (C=O) groups excluding carboxylic acids is 2. The molecule has 2 unspecified atom stereocenters. The second-order valence-electron chi connectivity index (χ2n) is 9.12. The zero-order valence-electron chi connectivity index (χ0n) is 22.3. The molecule has 0 saturated heterocycles. The second kappa shape index (κ2) is 12.2. The third-order valence-electron chi connectivity index (χ3n) is 6.51. The van der Waals surface area contributed by atoms with Crippen molar-refractivity contribution in [2.75, 3.05) is 14.2 Å². The largest absolute Gasteiger partial charge is 0.493 e. The molecule has 2 aromatic rings. The van der Waals surface area contributed by atoms with E-state index in [1.807, 2.05) is 72.7 Å². The molecule has 0 bridgehead atoms. The van der Waals surface area contributed by atoms with Gasteiger partial charge in [0.15, 0.2) is 16.7 Å². The fourth-order valence-electron chi connectivity index (χ4n) is 4.36. The van der Waals surface area contributed by atoms with Crippen LogP contribution in [0.5, 0.6) is 11.5 Å². The van der Waals surface area contributed by atoms with E-state index in [0.717, 1.165) is 23.2 Å². The Morgan fingerprint density at radius 2 is 1.89 bits per heavy atom. The highest BCUT2D eigenvalue weighted by molar-refractivity contribution is 8.16. The SMILES string of the molecule is CCC(C)NC(=O)CC1=CSC2=NC(C)=C(C(=O)OC)C(c3ccc(OCc4ccccc4)c(OC)c3)N12. The maximum absolute atomic E-state index is 13.0. The van der Waals surface area contributed by atoms with Crippen LogP contribution in [0.4, 0.5) is 0 Å². The Kier molecular flexibility index (Phi) is 8.78. The molecular formula is C29H33N3O5S. The Balaban J connectivity index is 1.68. The van der Waals surface area contributed by atoms with Crippen LogP contribution in [0.3, 0.4) is 0 Å². The number of thioether (sulfide) groups is 1. The number of amidine groups is 1. The van der Waals surface area contributed by atoms with Crippen molar-refractivity contribution in [1.82, 2.24) is 10.2 Å². The summed E-state index contributed by atoms with van der Waals surface area (Å²) in [7, 11) is 2.94. The molecular weight excluding hydrogens is 502 g/mol. The monoisotopic (exact) mass is 535 g/mol. The van der Waals surface area contributed by atoms with Crippen molar-refractivity contribution in [3.8, 4) is 11.5 Å². The molecule has 0 aromatic heterocycles. The fourth-order valence-corrected chi connectivity index (χ4v) is 5.32. The van der Waals surface area contributed by atoms with Gasteiger partial charge < -0.3 is 24.4 Å². The van der Waals surface area contributed by atoms with Gasteiger partial charge in [0.05, 0.1) is 38.0 Å². The molecule has 8 nitrogen and oxygen atoms in total. The predicted octanol–water partition coefficient (Wildman–Crippen LogP) is 5.33. The smallest absolute Gasteiger partial charge is 0.338 e. The lowest BCUT2D eigenvalue weighted by Crippen LogP contribution is -2.39. The predicted molar refractivity (Wildman–Crippen MR) is 149 cm³/mol. The Morgan fingerprint density at radius 1 is 1.13 bits per heavy atom. The van der Waals surface area contributed by atoms with E-state index in [0.29, 0.717) is 34.5 Å². The summed E-state index contributed by atoms with van der Waals surface area (Å²) in [6.45, 7) is 6.19. The van der Waals surface area contributed by atoms with Gasteiger partial charge in [0, 0.05) is 11.7 Å². The number of allylic oxidation sites excluding steroid dienone is 1. The van der Waals surface area contributed by atoms with E-state index < -0.39 is 12.0 Å². The van der Waals surface area contributed by atoms with Gasteiger partial charge in [-0.05, 0) is 48.9 Å². The highest BCUT2D eigenvalue weighted by Gasteiger charge is 2.41. The van der Waals surface area contributed by atoms with Gasteiger partial charge >= 0.3 is 5.97 Å². The van der Waals surface area contributed by atoms with E-state index in [1.54, 1.807) is 14.0 Å². The highest BCUT2D eigenvalue weighted by atomic mass is 32.2. The summed E-state index contributed by atoms with van der Waals surface area (Å²) in [5.41, 5.74) is 3.57. The number of methoxy groups -OCH3 is 2. The first-order valence-corrected chi connectivity index (χ1v) is 13.4. The van der Waals surface area contributed by atoms with Crippen molar-refractivity contribution in [3.05, 3.63) is 82.0 Å². The number of nitrogens with zero attached hydrogens (tertiary/aromatic N) is 2.